The van der Waals surface area contributed by atoms with E-state index in [9.17, 15) is 19.1 Å². The highest BCUT2D eigenvalue weighted by molar-refractivity contribution is 6.36. The lowest BCUT2D eigenvalue weighted by molar-refractivity contribution is -0.110. The molecule has 0 fully saturated rings. The maximum Gasteiger partial charge on any atom is 0.256 e. The monoisotopic (exact) mass is 502 g/mol. The van der Waals surface area contributed by atoms with Gasteiger partial charge in [0.05, 0.1) is 42.1 Å². The van der Waals surface area contributed by atoms with Gasteiger partial charge in [0.2, 0.25) is 0 Å². The fourth-order valence-corrected chi connectivity index (χ4v) is 4.56. The van der Waals surface area contributed by atoms with Crippen molar-refractivity contribution in [2.45, 2.75) is 26.0 Å². The number of benzene rings is 2. The van der Waals surface area contributed by atoms with Crippen LogP contribution in [0.2, 0.25) is 0 Å². The Balaban J connectivity index is 1.41. The number of hydrogen-bond acceptors (Lipinski definition) is 6. The molecule has 0 saturated heterocycles. The minimum atomic E-state index is -0.827. The molecule has 0 bridgehead atoms. The largest absolute Gasteiger partial charge is 0.389 e. The van der Waals surface area contributed by atoms with Crippen molar-refractivity contribution in [3.8, 4) is 11.1 Å². The number of rotatable bonds is 7. The van der Waals surface area contributed by atoms with Gasteiger partial charge in [0.25, 0.3) is 11.8 Å². The Morgan fingerprint density at radius 1 is 1.30 bits per heavy atom. The Labute approximate surface area is 213 Å². The maximum atomic E-state index is 14.0. The van der Waals surface area contributed by atoms with Gasteiger partial charge in [-0.05, 0) is 55.3 Å². The molecule has 2 aliphatic rings. The summed E-state index contributed by atoms with van der Waals surface area (Å²) in [4.78, 5) is 29.1. The van der Waals surface area contributed by atoms with Gasteiger partial charge in [0, 0.05) is 23.5 Å². The molecule has 0 aliphatic carbocycles. The number of nitrogens with one attached hydrogen (secondary N) is 3. The summed E-state index contributed by atoms with van der Waals surface area (Å²) in [7, 11) is 0. The van der Waals surface area contributed by atoms with Crippen LogP contribution >= 0.6 is 0 Å². The van der Waals surface area contributed by atoms with E-state index in [4.69, 9.17) is 0 Å². The van der Waals surface area contributed by atoms with E-state index in [1.807, 2.05) is 19.9 Å². The molecular weight excluding hydrogens is 475 g/mol. The second-order valence-corrected chi connectivity index (χ2v) is 9.28. The Bertz CT molecular complexity index is 1430. The van der Waals surface area contributed by atoms with Crippen molar-refractivity contribution < 1.29 is 19.1 Å². The van der Waals surface area contributed by atoms with Crippen LogP contribution in [0.25, 0.3) is 22.8 Å². The summed E-state index contributed by atoms with van der Waals surface area (Å²) in [6, 6.07) is 13.4. The third kappa shape index (κ3) is 5.01. The molecule has 2 atom stereocenters. The lowest BCUT2D eigenvalue weighted by Crippen LogP contribution is -2.40. The molecular formula is C27H27FN6O3. The summed E-state index contributed by atoms with van der Waals surface area (Å²) in [5, 5.41) is 25.6. The topological polar surface area (TPSA) is 122 Å². The van der Waals surface area contributed by atoms with Gasteiger partial charge in [-0.15, -0.1) is 0 Å². The van der Waals surface area contributed by atoms with E-state index < -0.39 is 6.10 Å². The molecule has 3 aromatic rings. The summed E-state index contributed by atoms with van der Waals surface area (Å²) in [6.07, 6.45) is 0.806. The highest BCUT2D eigenvalue weighted by atomic mass is 19.1. The number of halogens is 1. The van der Waals surface area contributed by atoms with Gasteiger partial charge in [-0.3, -0.25) is 14.6 Å². The summed E-state index contributed by atoms with van der Waals surface area (Å²) < 4.78 is 14.0. The number of aliphatic hydroxyl groups excluding tert-OH is 1. The molecule has 2 unspecified atom stereocenters. The van der Waals surface area contributed by atoms with Crippen LogP contribution in [0.15, 0.2) is 58.9 Å². The molecule has 4 N–H and O–H groups in total. The number of carbonyl (C=O) groups is 2. The minimum Gasteiger partial charge on any atom is -0.389 e. The average molecular weight is 503 g/mol. The van der Waals surface area contributed by atoms with E-state index in [1.54, 1.807) is 41.4 Å². The number of amides is 2. The molecule has 0 radical (unpaired) electrons. The zero-order valence-corrected chi connectivity index (χ0v) is 20.5. The molecule has 190 valence electrons. The van der Waals surface area contributed by atoms with Gasteiger partial charge in [0.1, 0.15) is 5.82 Å². The van der Waals surface area contributed by atoms with Gasteiger partial charge < -0.3 is 20.7 Å². The standard InChI is InChI=1S/C27H27FN6O3/c1-15-9-21(26(36)29-13-19(35)14-34-16(2)12-30-33-34)24(31-15)11-22-25-20(17-5-3-6-18(28)10-17)7-4-8-23(25)32-27(22)37/h3-11,16,19,31,35H,12-14H2,1-2H3,(H,29,36)(H,32,37)/b22-11-. The first-order valence-electron chi connectivity index (χ1n) is 12.0. The molecule has 5 rings (SSSR count). The number of carbonyl (C=O) groups excluding carboxylic acids is 2. The fraction of sp³-hybridized carbons (Fsp3) is 0.259. The second-order valence-electron chi connectivity index (χ2n) is 9.28. The highest BCUT2D eigenvalue weighted by Gasteiger charge is 2.28. The highest BCUT2D eigenvalue weighted by Crippen LogP contribution is 2.40. The molecule has 0 spiro atoms. The van der Waals surface area contributed by atoms with Gasteiger partial charge in [-0.2, -0.15) is 5.11 Å². The molecule has 2 amide bonds. The minimum absolute atomic E-state index is 0.0326. The van der Waals surface area contributed by atoms with Crippen molar-refractivity contribution in [3.05, 3.63) is 76.9 Å². The van der Waals surface area contributed by atoms with Crippen LogP contribution in [0, 0.1) is 12.7 Å². The van der Waals surface area contributed by atoms with E-state index >= 15 is 0 Å². The summed E-state index contributed by atoms with van der Waals surface area (Å²) >= 11 is 0. The van der Waals surface area contributed by atoms with Gasteiger partial charge in [-0.25, -0.2) is 4.39 Å². The Morgan fingerprint density at radius 2 is 2.11 bits per heavy atom. The van der Waals surface area contributed by atoms with E-state index in [0.717, 1.165) is 5.69 Å². The fourth-order valence-electron chi connectivity index (χ4n) is 4.56. The van der Waals surface area contributed by atoms with Crippen LogP contribution in [-0.4, -0.2) is 58.7 Å². The van der Waals surface area contributed by atoms with E-state index in [2.05, 4.69) is 26.0 Å². The van der Waals surface area contributed by atoms with Crippen molar-refractivity contribution in [2.24, 2.45) is 10.3 Å². The van der Waals surface area contributed by atoms with Crippen LogP contribution in [0.4, 0.5) is 10.1 Å². The van der Waals surface area contributed by atoms with Crippen LogP contribution in [0.3, 0.4) is 0 Å². The number of hydrogen-bond donors (Lipinski definition) is 4. The van der Waals surface area contributed by atoms with Crippen LogP contribution in [0.5, 0.6) is 0 Å². The Kier molecular flexibility index (Phi) is 6.58. The Hall–Kier alpha value is -4.31. The third-order valence-electron chi connectivity index (χ3n) is 6.41. The van der Waals surface area contributed by atoms with Crippen LogP contribution < -0.4 is 10.6 Å². The Morgan fingerprint density at radius 3 is 2.86 bits per heavy atom. The first kappa shape index (κ1) is 24.4. The molecule has 9 nitrogen and oxygen atoms in total. The number of β-amino-alcohol motifs (C(OH)–C–C–N with tert-alkyl or cyclic N) is 1. The summed E-state index contributed by atoms with van der Waals surface area (Å²) in [6.45, 7) is 4.65. The van der Waals surface area contributed by atoms with Gasteiger partial charge in [-0.1, -0.05) is 29.5 Å². The number of aliphatic hydroxyl groups is 1. The van der Waals surface area contributed by atoms with Gasteiger partial charge >= 0.3 is 0 Å². The summed E-state index contributed by atoms with van der Waals surface area (Å²) in [5.74, 6) is -1.08. The zero-order valence-electron chi connectivity index (χ0n) is 20.5. The number of nitrogens with zero attached hydrogens (tertiary/aromatic N) is 3. The lowest BCUT2D eigenvalue weighted by atomic mass is 9.94. The number of anilines is 1. The predicted octanol–water partition coefficient (Wildman–Crippen LogP) is 3.78. The van der Waals surface area contributed by atoms with Crippen molar-refractivity contribution in [3.63, 3.8) is 0 Å². The first-order chi connectivity index (χ1) is 17.8. The maximum absolute atomic E-state index is 14.0. The van der Waals surface area contributed by atoms with E-state index in [-0.39, 0.29) is 36.8 Å². The SMILES string of the molecule is Cc1cc(C(=O)NCC(O)CN2N=NCC2C)c(/C=C2\C(=O)Nc3cccc(-c4cccc(F)c4)c32)[nH]1. The number of aromatic amines is 1. The zero-order chi connectivity index (χ0) is 26.1. The van der Waals surface area contributed by atoms with E-state index in [1.165, 1.54) is 12.1 Å². The van der Waals surface area contributed by atoms with Crippen molar-refractivity contribution in [1.82, 2.24) is 15.3 Å². The van der Waals surface area contributed by atoms with Crippen molar-refractivity contribution in [2.75, 3.05) is 25.0 Å². The number of aromatic nitrogens is 1. The average Bonchev–Trinajstić information content (AvgIpc) is 3.54. The smallest absolute Gasteiger partial charge is 0.256 e. The predicted molar refractivity (Wildman–Crippen MR) is 138 cm³/mol. The quantitative estimate of drug-likeness (QED) is 0.367. The normalized spacial score (nSPS) is 18.3. The molecule has 37 heavy (non-hydrogen) atoms. The number of aryl methyl sites for hydroxylation is 1. The van der Waals surface area contributed by atoms with Crippen molar-refractivity contribution >= 4 is 29.2 Å². The first-order valence-corrected chi connectivity index (χ1v) is 12.0. The van der Waals surface area contributed by atoms with Crippen LogP contribution in [0.1, 0.15) is 34.2 Å². The van der Waals surface area contributed by atoms with E-state index in [0.29, 0.717) is 45.8 Å². The van der Waals surface area contributed by atoms with Crippen molar-refractivity contribution in [1.29, 1.82) is 0 Å². The second kappa shape index (κ2) is 9.98. The molecule has 3 heterocycles. The number of H-pyrrole nitrogens is 1. The molecule has 1 aromatic heterocycles. The molecule has 0 saturated carbocycles. The molecule has 2 aromatic carbocycles. The third-order valence-corrected chi connectivity index (χ3v) is 6.41. The van der Waals surface area contributed by atoms with Crippen LogP contribution in [-0.2, 0) is 4.79 Å². The van der Waals surface area contributed by atoms with Gasteiger partial charge in [0.15, 0.2) is 0 Å². The summed E-state index contributed by atoms with van der Waals surface area (Å²) in [5.41, 5.74) is 4.49. The molecule has 2 aliphatic heterocycles. The number of fused-ring (bicyclic) bond motifs is 1. The lowest BCUT2D eigenvalue weighted by Gasteiger charge is -2.21. The molecule has 10 heteroatoms.